The summed E-state index contributed by atoms with van der Waals surface area (Å²) >= 11 is 6.36. The Morgan fingerprint density at radius 3 is 2.54 bits per heavy atom. The van der Waals surface area contributed by atoms with E-state index in [2.05, 4.69) is 4.72 Å². The molecule has 1 saturated heterocycles. The summed E-state index contributed by atoms with van der Waals surface area (Å²) in [5.74, 6) is -4.00. The van der Waals surface area contributed by atoms with E-state index >= 15 is 0 Å². The Hall–Kier alpha value is -3.72. The third-order valence-electron chi connectivity index (χ3n) is 12.9. The lowest BCUT2D eigenvalue weighted by atomic mass is 9.85. The first kappa shape index (κ1) is 41.4. The Morgan fingerprint density at radius 2 is 1.84 bits per heavy atom. The van der Waals surface area contributed by atoms with Crippen LogP contribution in [0.5, 0.6) is 5.75 Å². The van der Waals surface area contributed by atoms with Crippen molar-refractivity contribution in [3.63, 3.8) is 0 Å². The van der Waals surface area contributed by atoms with Crippen LogP contribution in [-0.4, -0.2) is 76.6 Å². The number of carbonyl (C=O) groups is 4. The molecule has 2 saturated carbocycles. The third-order valence-corrected chi connectivity index (χ3v) is 15.3. The van der Waals surface area contributed by atoms with Crippen LogP contribution in [0, 0.1) is 24.2 Å². The SMILES string of the molecule is Cc1nc2ccc(Cl)cc2c2c1O[C@]1(CC2)C[C@H]2C(=O)C[C@]3(C(=O)NS(=O)(=O)C4(C)CC4)C[C@H]3/C=C\CCCCC[C@H](CC(=O)OC(C)(C)C(F)(F)F)C(=O)N2C1. The van der Waals surface area contributed by atoms with E-state index in [4.69, 9.17) is 26.1 Å². The number of amides is 2. The fraction of sp³-hybridized carbons (Fsp3) is 0.634. The van der Waals surface area contributed by atoms with Crippen LogP contribution < -0.4 is 9.46 Å². The van der Waals surface area contributed by atoms with Gasteiger partial charge in [0.2, 0.25) is 27.4 Å². The lowest BCUT2D eigenvalue weighted by Gasteiger charge is -2.36. The number of sulfonamides is 1. The maximum atomic E-state index is 14.8. The smallest absolute Gasteiger partial charge is 0.427 e. The quantitative estimate of drug-likeness (QED) is 0.235. The van der Waals surface area contributed by atoms with Gasteiger partial charge < -0.3 is 14.4 Å². The predicted molar refractivity (Wildman–Crippen MR) is 205 cm³/mol. The van der Waals surface area contributed by atoms with Crippen LogP contribution in [0.25, 0.3) is 10.9 Å². The molecule has 1 aromatic carbocycles. The molecule has 1 N–H and O–H groups in total. The van der Waals surface area contributed by atoms with Crippen LogP contribution in [0.15, 0.2) is 30.4 Å². The van der Waals surface area contributed by atoms with E-state index in [-0.39, 0.29) is 32.2 Å². The number of nitrogens with zero attached hydrogens (tertiary/aromatic N) is 2. The van der Waals surface area contributed by atoms with Crippen molar-refractivity contribution in [2.75, 3.05) is 6.54 Å². The number of aryl methyl sites for hydroxylation is 2. The van der Waals surface area contributed by atoms with Gasteiger partial charge in [0.25, 0.3) is 0 Å². The number of esters is 1. The number of nitrogens with one attached hydrogen (secondary N) is 1. The highest BCUT2D eigenvalue weighted by Gasteiger charge is 2.63. The van der Waals surface area contributed by atoms with Gasteiger partial charge in [0, 0.05) is 34.7 Å². The maximum absolute atomic E-state index is 14.8. The summed E-state index contributed by atoms with van der Waals surface area (Å²) in [5, 5.41) is 1.33. The van der Waals surface area contributed by atoms with Crippen LogP contribution >= 0.6 is 11.6 Å². The van der Waals surface area contributed by atoms with Gasteiger partial charge in [-0.2, -0.15) is 13.2 Å². The topological polar surface area (TPSA) is 149 Å². The monoisotopic (exact) mass is 835 g/mol. The number of ether oxygens (including phenoxy) is 2. The van der Waals surface area contributed by atoms with Crippen molar-refractivity contribution in [3.05, 3.63) is 46.6 Å². The molecule has 16 heteroatoms. The molecule has 3 fully saturated rings. The number of Topliss-reactive ketones (excluding diaryl/α,β-unsaturated/α-hetero) is 1. The summed E-state index contributed by atoms with van der Waals surface area (Å²) in [7, 11) is -4.02. The zero-order valence-electron chi connectivity index (χ0n) is 32.6. The summed E-state index contributed by atoms with van der Waals surface area (Å²) in [6, 6.07) is 4.25. The van der Waals surface area contributed by atoms with Gasteiger partial charge >= 0.3 is 12.1 Å². The number of carbonyl (C=O) groups excluding carboxylic acids is 4. The van der Waals surface area contributed by atoms with Gasteiger partial charge in [-0.1, -0.05) is 36.6 Å². The molecule has 1 aromatic heterocycles. The largest absolute Gasteiger partial charge is 0.483 e. The third kappa shape index (κ3) is 7.91. The summed E-state index contributed by atoms with van der Waals surface area (Å²) < 4.78 is 80.5. The number of hydrogen-bond donors (Lipinski definition) is 1. The zero-order valence-corrected chi connectivity index (χ0v) is 34.2. The van der Waals surface area contributed by atoms with Crippen molar-refractivity contribution < 1.29 is 50.2 Å². The minimum absolute atomic E-state index is 0.0386. The fourth-order valence-corrected chi connectivity index (χ4v) is 10.2. The lowest BCUT2D eigenvalue weighted by molar-refractivity contribution is -0.257. The highest BCUT2D eigenvalue weighted by molar-refractivity contribution is 7.91. The number of fused-ring (bicyclic) bond motifs is 5. The number of hydrogen-bond acceptors (Lipinski definition) is 9. The number of alkyl halides is 3. The second kappa shape index (κ2) is 14.5. The van der Waals surface area contributed by atoms with Crippen molar-refractivity contribution in [2.24, 2.45) is 17.3 Å². The first-order valence-electron chi connectivity index (χ1n) is 19.7. The Morgan fingerprint density at radius 1 is 1.11 bits per heavy atom. The number of pyridine rings is 1. The first-order chi connectivity index (χ1) is 26.6. The molecular formula is C41H49ClF3N3O8S. The summed E-state index contributed by atoms with van der Waals surface area (Å²) in [6.07, 6.45) is 2.53. The number of ketones is 1. The van der Waals surface area contributed by atoms with Gasteiger partial charge in [-0.25, -0.2) is 13.4 Å². The number of benzene rings is 1. The predicted octanol–water partition coefficient (Wildman–Crippen LogP) is 7.24. The normalized spacial score (nSPS) is 29.6. The minimum Gasteiger partial charge on any atom is -0.483 e. The molecule has 310 valence electrons. The van der Waals surface area contributed by atoms with E-state index in [1.54, 1.807) is 19.9 Å². The van der Waals surface area contributed by atoms with Gasteiger partial charge in [-0.3, -0.25) is 23.9 Å². The van der Waals surface area contributed by atoms with Crippen LogP contribution in [0.1, 0.15) is 109 Å². The standard InChI is InChI=1S/C41H49ClF3N3O8S/c1-24-34-28(29-19-27(42)12-13-30(29)46-24)14-15-39(56-34)21-31-32(49)22-40(36(52)47-57(53,54)38(4)16-17-38)20-26(40)11-9-7-5-6-8-10-25(35(51)48(31)23-39)18-33(50)55-37(2,3)41(43,44)45/h9,11-13,19,25-26,31H,5-8,10,14-18,20-23H2,1-4H3,(H,47,52)/b11-9-/t25-,26-,31+,39-,40-/m1/s1. The molecule has 7 rings (SSSR count). The second-order valence-electron chi connectivity index (χ2n) is 17.6. The molecule has 4 heterocycles. The molecule has 57 heavy (non-hydrogen) atoms. The van der Waals surface area contributed by atoms with Gasteiger partial charge in [-0.15, -0.1) is 0 Å². The van der Waals surface area contributed by atoms with Crippen LogP contribution in [0.2, 0.25) is 5.02 Å². The molecule has 11 nitrogen and oxygen atoms in total. The van der Waals surface area contributed by atoms with Crippen LogP contribution in [0.4, 0.5) is 13.2 Å². The molecule has 2 amide bonds. The molecule has 1 spiro atoms. The molecule has 0 bridgehead atoms. The van der Waals surface area contributed by atoms with Crippen molar-refractivity contribution in [1.29, 1.82) is 0 Å². The number of halogens is 4. The van der Waals surface area contributed by atoms with E-state index in [1.807, 2.05) is 24.3 Å². The Bertz CT molecular complexity index is 2160. The van der Waals surface area contributed by atoms with Crippen molar-refractivity contribution in [2.45, 2.75) is 139 Å². The first-order valence-corrected chi connectivity index (χ1v) is 21.6. The molecule has 3 aliphatic heterocycles. The van der Waals surface area contributed by atoms with E-state index in [0.717, 1.165) is 30.3 Å². The van der Waals surface area contributed by atoms with Crippen molar-refractivity contribution in [3.8, 4) is 5.75 Å². The molecule has 0 unspecified atom stereocenters. The summed E-state index contributed by atoms with van der Waals surface area (Å²) in [5.41, 5.74) is -3.02. The van der Waals surface area contributed by atoms with Gasteiger partial charge in [0.1, 0.15) is 11.4 Å². The molecule has 2 aliphatic carbocycles. The number of aromatic nitrogens is 1. The van der Waals surface area contributed by atoms with Crippen molar-refractivity contribution >= 4 is 56.1 Å². The van der Waals surface area contributed by atoms with Gasteiger partial charge in [-0.05, 0) is 103 Å². The zero-order chi connectivity index (χ0) is 41.3. The van der Waals surface area contributed by atoms with Crippen molar-refractivity contribution in [1.82, 2.24) is 14.6 Å². The Kier molecular flexibility index (Phi) is 10.6. The van der Waals surface area contributed by atoms with E-state index in [1.165, 1.54) is 4.90 Å². The Balaban J connectivity index is 1.23. The highest BCUT2D eigenvalue weighted by Crippen LogP contribution is 2.58. The molecular weight excluding hydrogens is 787 g/mol. The van der Waals surface area contributed by atoms with Crippen LogP contribution in [0.3, 0.4) is 0 Å². The Labute approximate surface area is 335 Å². The highest BCUT2D eigenvalue weighted by atomic mass is 35.5. The number of allylic oxidation sites excluding steroid dienone is 2. The van der Waals surface area contributed by atoms with E-state index in [0.29, 0.717) is 67.8 Å². The summed E-state index contributed by atoms with van der Waals surface area (Å²) in [6.45, 7) is 4.80. The average Bonchev–Trinajstić information content (AvgIpc) is 4.01. The van der Waals surface area contributed by atoms with E-state index < -0.39 is 85.4 Å². The molecule has 2 aromatic rings. The lowest BCUT2D eigenvalue weighted by Crippen LogP contribution is -2.48. The molecule has 5 aliphatic rings. The fourth-order valence-electron chi connectivity index (χ4n) is 8.72. The maximum Gasteiger partial charge on any atom is 0.427 e. The van der Waals surface area contributed by atoms with Crippen LogP contribution in [-0.2, 0) is 40.4 Å². The number of rotatable bonds is 6. The summed E-state index contributed by atoms with van der Waals surface area (Å²) in [4.78, 5) is 62.7. The minimum atomic E-state index is -4.85. The van der Waals surface area contributed by atoms with E-state index in [9.17, 15) is 40.8 Å². The molecule has 5 atom stereocenters. The average molecular weight is 836 g/mol. The second-order valence-corrected chi connectivity index (χ2v) is 20.2. The van der Waals surface area contributed by atoms with Gasteiger partial charge in [0.15, 0.2) is 5.78 Å². The van der Waals surface area contributed by atoms with Gasteiger partial charge in [0.05, 0.1) is 40.4 Å². The molecule has 0 radical (unpaired) electrons.